The van der Waals surface area contributed by atoms with Crippen LogP contribution in [0.3, 0.4) is 0 Å². The molecule has 39 heavy (non-hydrogen) atoms. The fraction of sp³-hybridized carbons (Fsp3) is 0.407. The van der Waals surface area contributed by atoms with Crippen molar-refractivity contribution in [1.29, 1.82) is 0 Å². The second-order valence-corrected chi connectivity index (χ2v) is 10.5. The molecule has 1 N–H and O–H groups in total. The molecular weight excluding hydrogens is 534 g/mol. The number of nitrogens with zero attached hydrogens (tertiary/aromatic N) is 4. The van der Waals surface area contributed by atoms with E-state index in [4.69, 9.17) is 0 Å². The number of rotatable bonds is 6. The number of hydrogen-bond donors (Lipinski definition) is 1. The van der Waals surface area contributed by atoms with Crippen molar-refractivity contribution in [3.63, 3.8) is 0 Å². The van der Waals surface area contributed by atoms with E-state index < -0.39 is 29.1 Å². The van der Waals surface area contributed by atoms with Gasteiger partial charge in [-0.2, -0.15) is 13.2 Å². The number of alkyl halides is 3. The molecule has 1 atom stereocenters. The van der Waals surface area contributed by atoms with Crippen LogP contribution in [0.25, 0.3) is 22.4 Å². The van der Waals surface area contributed by atoms with Crippen molar-refractivity contribution in [3.8, 4) is 22.4 Å². The van der Waals surface area contributed by atoms with Crippen LogP contribution in [0, 0.1) is 5.82 Å². The topological polar surface area (TPSA) is 84.4 Å². The molecule has 0 aliphatic carbocycles. The Labute approximate surface area is 226 Å². The summed E-state index contributed by atoms with van der Waals surface area (Å²) in [7, 11) is 0. The van der Waals surface area contributed by atoms with Gasteiger partial charge in [0.25, 0.3) is 0 Å². The average Bonchev–Trinajstić information content (AvgIpc) is 2.93. The first kappa shape index (κ1) is 27.5. The van der Waals surface area contributed by atoms with E-state index in [1.807, 2.05) is 4.90 Å². The number of hydrogen-bond acceptors (Lipinski definition) is 6. The van der Waals surface area contributed by atoms with E-state index in [0.29, 0.717) is 30.3 Å². The first-order chi connectivity index (χ1) is 18.7. The van der Waals surface area contributed by atoms with Gasteiger partial charge in [-0.05, 0) is 80.7 Å². The lowest BCUT2D eigenvalue weighted by molar-refractivity contribution is -0.144. The number of aromatic nitrogens is 2. The van der Waals surface area contributed by atoms with Crippen LogP contribution < -0.4 is 9.62 Å². The highest BCUT2D eigenvalue weighted by Gasteiger charge is 2.38. The van der Waals surface area contributed by atoms with Crippen molar-refractivity contribution in [2.24, 2.45) is 0 Å². The summed E-state index contributed by atoms with van der Waals surface area (Å²) in [5.41, 5.74) is 1.28. The number of halogens is 4. The van der Waals surface area contributed by atoms with E-state index in [2.05, 4.69) is 19.6 Å². The molecule has 0 bridgehead atoms. The summed E-state index contributed by atoms with van der Waals surface area (Å²) in [4.78, 5) is 12.3. The van der Waals surface area contributed by atoms with Crippen molar-refractivity contribution in [2.75, 3.05) is 35.8 Å². The Morgan fingerprint density at radius 3 is 2.26 bits per heavy atom. The molecule has 3 aromatic rings. The minimum absolute atomic E-state index is 0.00845. The van der Waals surface area contributed by atoms with E-state index in [0.717, 1.165) is 50.9 Å². The summed E-state index contributed by atoms with van der Waals surface area (Å²) < 4.78 is 80.7. The number of benzene rings is 2. The Bertz CT molecular complexity index is 1320. The average molecular weight is 563 g/mol. The fourth-order valence-corrected chi connectivity index (χ4v) is 5.77. The summed E-state index contributed by atoms with van der Waals surface area (Å²) in [6.07, 6.45) is 0.299. The zero-order chi connectivity index (χ0) is 27.6. The second-order valence-electron chi connectivity index (χ2n) is 9.83. The van der Waals surface area contributed by atoms with Crippen LogP contribution in [0.5, 0.6) is 0 Å². The number of likely N-dealkylation sites (tertiary alicyclic amines) is 1. The number of anilines is 2. The van der Waals surface area contributed by atoms with Gasteiger partial charge in [0.2, 0.25) is 5.82 Å². The van der Waals surface area contributed by atoms with E-state index in [1.54, 1.807) is 12.1 Å². The lowest BCUT2D eigenvalue weighted by Gasteiger charge is -2.41. The Hall–Kier alpha value is -3.09. The van der Waals surface area contributed by atoms with Crippen molar-refractivity contribution >= 4 is 22.8 Å². The maximum absolute atomic E-state index is 14.1. The number of piperidine rings is 2. The Kier molecular flexibility index (Phi) is 8.15. The molecule has 5 rings (SSSR count). The van der Waals surface area contributed by atoms with Crippen LogP contribution in [-0.2, 0) is 17.4 Å². The summed E-state index contributed by atoms with van der Waals surface area (Å²) >= 11 is -2.59. The molecule has 208 valence electrons. The summed E-state index contributed by atoms with van der Waals surface area (Å²) in [6, 6.07) is 11.8. The molecule has 0 spiro atoms. The van der Waals surface area contributed by atoms with Gasteiger partial charge in [0.15, 0.2) is 0 Å². The van der Waals surface area contributed by atoms with Crippen molar-refractivity contribution in [2.45, 2.75) is 44.3 Å². The van der Waals surface area contributed by atoms with Crippen LogP contribution in [0.15, 0.2) is 48.5 Å². The molecule has 2 aromatic carbocycles. The van der Waals surface area contributed by atoms with E-state index >= 15 is 0 Å². The van der Waals surface area contributed by atoms with E-state index in [9.17, 15) is 26.3 Å². The highest BCUT2D eigenvalue weighted by atomic mass is 32.2. The van der Waals surface area contributed by atoms with Gasteiger partial charge in [0.1, 0.15) is 11.6 Å². The van der Waals surface area contributed by atoms with Gasteiger partial charge in [-0.3, -0.25) is 4.21 Å². The van der Waals surface area contributed by atoms with Crippen molar-refractivity contribution in [3.05, 3.63) is 60.2 Å². The molecule has 0 amide bonds. The molecule has 2 aliphatic heterocycles. The predicted octanol–water partition coefficient (Wildman–Crippen LogP) is 5.63. The molecule has 3 heterocycles. The van der Waals surface area contributed by atoms with E-state index in [-0.39, 0.29) is 22.8 Å². The Balaban J connectivity index is 1.62. The van der Waals surface area contributed by atoms with Gasteiger partial charge in [-0.1, -0.05) is 18.6 Å². The van der Waals surface area contributed by atoms with Gasteiger partial charge in [0, 0.05) is 41.6 Å². The molecule has 1 unspecified atom stereocenters. The summed E-state index contributed by atoms with van der Waals surface area (Å²) in [5.74, 6) is -1.70. The highest BCUT2D eigenvalue weighted by Crippen LogP contribution is 2.42. The first-order valence-electron chi connectivity index (χ1n) is 12.9. The number of nitrogens with one attached hydrogen (secondary N) is 1. The minimum Gasteiger partial charge on any atom is -0.755 e. The zero-order valence-electron chi connectivity index (χ0n) is 21.1. The normalized spacial score (nSPS) is 18.2. The molecule has 1 aromatic heterocycles. The third kappa shape index (κ3) is 6.39. The van der Waals surface area contributed by atoms with Crippen molar-refractivity contribution in [1.82, 2.24) is 14.9 Å². The van der Waals surface area contributed by atoms with Gasteiger partial charge in [-0.25, -0.2) is 14.4 Å². The zero-order valence-corrected chi connectivity index (χ0v) is 21.9. The predicted molar refractivity (Wildman–Crippen MR) is 141 cm³/mol. The molecule has 2 aliphatic rings. The molecular formula is C27H28F4N5O2S-. The lowest BCUT2D eigenvalue weighted by atomic mass is 9.96. The third-order valence-corrected chi connectivity index (χ3v) is 7.69. The summed E-state index contributed by atoms with van der Waals surface area (Å²) in [6.45, 7) is 3.09. The molecule has 7 nitrogen and oxygen atoms in total. The SMILES string of the molecule is O=S([O-])Nc1cccc(-c2c(-c3ccc(F)cc3)nc(C(F)(F)F)nc2N2CCC(N3CCCCC3)CC2)c1. The smallest absolute Gasteiger partial charge is 0.451 e. The van der Waals surface area contributed by atoms with Crippen LogP contribution in [-0.4, -0.2) is 55.9 Å². The highest BCUT2D eigenvalue weighted by molar-refractivity contribution is 7.80. The van der Waals surface area contributed by atoms with Crippen LogP contribution in [0.4, 0.5) is 29.1 Å². The van der Waals surface area contributed by atoms with Gasteiger partial charge in [-0.15, -0.1) is 0 Å². The van der Waals surface area contributed by atoms with Gasteiger partial charge in [0.05, 0.1) is 11.3 Å². The molecule has 0 radical (unpaired) electrons. The maximum atomic E-state index is 14.1. The quantitative estimate of drug-likeness (QED) is 0.310. The first-order valence-corrected chi connectivity index (χ1v) is 14.0. The Morgan fingerprint density at radius 2 is 1.62 bits per heavy atom. The fourth-order valence-electron chi connectivity index (χ4n) is 5.45. The molecule has 12 heteroatoms. The van der Waals surface area contributed by atoms with Gasteiger partial charge >= 0.3 is 6.18 Å². The standard InChI is InChI=1S/C27H29F4N5O2S/c28-20-9-7-18(8-10-20)24-23(19-5-4-6-21(17-19)34-39(37)38)25(33-26(32-24)27(29,30)31)36-15-11-22(12-16-36)35-13-2-1-3-14-35/h4-10,17,22,34H,1-3,11-16H2,(H,37,38)/p-1. The van der Waals surface area contributed by atoms with Crippen LogP contribution in [0.1, 0.15) is 37.9 Å². The van der Waals surface area contributed by atoms with Gasteiger partial charge < -0.3 is 19.1 Å². The largest absolute Gasteiger partial charge is 0.755 e. The minimum atomic E-state index is -4.81. The Morgan fingerprint density at radius 1 is 0.923 bits per heavy atom. The molecule has 0 saturated carbocycles. The maximum Gasteiger partial charge on any atom is 0.451 e. The monoisotopic (exact) mass is 562 g/mol. The van der Waals surface area contributed by atoms with Crippen LogP contribution in [0.2, 0.25) is 0 Å². The third-order valence-electron chi connectivity index (χ3n) is 7.28. The molecule has 2 saturated heterocycles. The molecule has 2 fully saturated rings. The summed E-state index contributed by atoms with van der Waals surface area (Å²) in [5, 5.41) is 0. The second kappa shape index (κ2) is 11.6. The van der Waals surface area contributed by atoms with E-state index in [1.165, 1.54) is 30.7 Å². The van der Waals surface area contributed by atoms with Crippen molar-refractivity contribution < 1.29 is 26.3 Å². The lowest BCUT2D eigenvalue weighted by Crippen LogP contribution is -2.47. The van der Waals surface area contributed by atoms with Crippen LogP contribution >= 0.6 is 0 Å².